The molecule has 0 aliphatic carbocycles. The number of carbonyl (C=O) groups is 1. The lowest BCUT2D eigenvalue weighted by Crippen LogP contribution is -2.23. The molecule has 0 spiro atoms. The molecule has 23 heavy (non-hydrogen) atoms. The standard InChI is InChI=1S/C15H17N3O4S/c1-3-16-14(19)13-5-4-10-17-15(13)22-12-8-6-11(7-9-12)18-23(2,20)21/h4-10,18H,3H2,1-2H3,(H,16,19). The van der Waals surface area contributed by atoms with Crippen molar-refractivity contribution in [3.05, 3.63) is 48.2 Å². The average Bonchev–Trinajstić information content (AvgIpc) is 2.48. The third-order valence-electron chi connectivity index (χ3n) is 2.73. The molecule has 0 aliphatic rings. The van der Waals surface area contributed by atoms with E-state index in [1.807, 2.05) is 6.92 Å². The van der Waals surface area contributed by atoms with Crippen LogP contribution in [0.5, 0.6) is 11.6 Å². The van der Waals surface area contributed by atoms with Crippen molar-refractivity contribution >= 4 is 21.6 Å². The van der Waals surface area contributed by atoms with E-state index in [1.54, 1.807) is 36.4 Å². The molecule has 0 saturated carbocycles. The quantitative estimate of drug-likeness (QED) is 0.841. The zero-order chi connectivity index (χ0) is 16.9. The molecule has 0 aliphatic heterocycles. The van der Waals surface area contributed by atoms with Gasteiger partial charge < -0.3 is 10.1 Å². The van der Waals surface area contributed by atoms with Crippen LogP contribution >= 0.6 is 0 Å². The maximum atomic E-state index is 12.0. The lowest BCUT2D eigenvalue weighted by Gasteiger charge is -2.10. The summed E-state index contributed by atoms with van der Waals surface area (Å²) in [5.41, 5.74) is 0.748. The van der Waals surface area contributed by atoms with Crippen molar-refractivity contribution in [3.63, 3.8) is 0 Å². The summed E-state index contributed by atoms with van der Waals surface area (Å²) in [4.78, 5) is 16.0. The maximum Gasteiger partial charge on any atom is 0.256 e. The molecular formula is C15H17N3O4S. The minimum Gasteiger partial charge on any atom is -0.438 e. The Hall–Kier alpha value is -2.61. The van der Waals surface area contributed by atoms with Gasteiger partial charge in [-0.25, -0.2) is 13.4 Å². The van der Waals surface area contributed by atoms with Gasteiger partial charge in [0.2, 0.25) is 15.9 Å². The van der Waals surface area contributed by atoms with Crippen molar-refractivity contribution in [2.75, 3.05) is 17.5 Å². The Labute approximate surface area is 134 Å². The van der Waals surface area contributed by atoms with Gasteiger partial charge in [0.15, 0.2) is 0 Å². The van der Waals surface area contributed by atoms with Gasteiger partial charge in [-0.05, 0) is 43.3 Å². The maximum absolute atomic E-state index is 12.0. The van der Waals surface area contributed by atoms with E-state index in [4.69, 9.17) is 4.74 Å². The molecule has 2 N–H and O–H groups in total. The van der Waals surface area contributed by atoms with Crippen LogP contribution < -0.4 is 14.8 Å². The summed E-state index contributed by atoms with van der Waals surface area (Å²) in [6.07, 6.45) is 2.60. The fourth-order valence-electron chi connectivity index (χ4n) is 1.82. The van der Waals surface area contributed by atoms with Crippen LogP contribution in [0.25, 0.3) is 0 Å². The number of nitrogens with one attached hydrogen (secondary N) is 2. The highest BCUT2D eigenvalue weighted by Gasteiger charge is 2.13. The second kappa shape index (κ2) is 7.10. The molecule has 0 saturated heterocycles. The Balaban J connectivity index is 2.18. The first-order chi connectivity index (χ1) is 10.9. The Bertz CT molecular complexity index is 789. The molecule has 2 rings (SSSR count). The summed E-state index contributed by atoms with van der Waals surface area (Å²) in [6.45, 7) is 2.32. The number of aromatic nitrogens is 1. The average molecular weight is 335 g/mol. The van der Waals surface area contributed by atoms with Gasteiger partial charge in [0.1, 0.15) is 11.3 Å². The third-order valence-corrected chi connectivity index (χ3v) is 3.33. The van der Waals surface area contributed by atoms with Gasteiger partial charge in [-0.1, -0.05) is 0 Å². The number of benzene rings is 1. The third kappa shape index (κ3) is 4.96. The van der Waals surface area contributed by atoms with Crippen molar-refractivity contribution in [3.8, 4) is 11.6 Å². The number of hydrogen-bond acceptors (Lipinski definition) is 5. The molecule has 7 nitrogen and oxygen atoms in total. The fraction of sp³-hybridized carbons (Fsp3) is 0.200. The highest BCUT2D eigenvalue weighted by Crippen LogP contribution is 2.24. The summed E-state index contributed by atoms with van der Waals surface area (Å²) in [5, 5.41) is 2.69. The number of hydrogen-bond donors (Lipinski definition) is 2. The zero-order valence-corrected chi connectivity index (χ0v) is 13.6. The number of rotatable bonds is 6. The second-order valence-electron chi connectivity index (χ2n) is 4.72. The topological polar surface area (TPSA) is 97.4 Å². The Morgan fingerprint density at radius 3 is 2.52 bits per heavy atom. The zero-order valence-electron chi connectivity index (χ0n) is 12.7. The van der Waals surface area contributed by atoms with Crippen LogP contribution in [0, 0.1) is 0 Å². The van der Waals surface area contributed by atoms with Gasteiger partial charge >= 0.3 is 0 Å². The highest BCUT2D eigenvalue weighted by molar-refractivity contribution is 7.92. The Morgan fingerprint density at radius 1 is 1.22 bits per heavy atom. The van der Waals surface area contributed by atoms with Crippen molar-refractivity contribution in [2.24, 2.45) is 0 Å². The fourth-order valence-corrected chi connectivity index (χ4v) is 2.38. The summed E-state index contributed by atoms with van der Waals surface area (Å²) >= 11 is 0. The SMILES string of the molecule is CCNC(=O)c1cccnc1Oc1ccc(NS(C)(=O)=O)cc1. The van der Waals surface area contributed by atoms with Crippen molar-refractivity contribution in [1.29, 1.82) is 0 Å². The monoisotopic (exact) mass is 335 g/mol. The summed E-state index contributed by atoms with van der Waals surface area (Å²) in [5.74, 6) is 0.349. The van der Waals surface area contributed by atoms with Gasteiger partial charge in [-0.3, -0.25) is 9.52 Å². The van der Waals surface area contributed by atoms with Crippen LogP contribution in [0.4, 0.5) is 5.69 Å². The molecule has 1 amide bonds. The second-order valence-corrected chi connectivity index (χ2v) is 6.46. The Morgan fingerprint density at radius 2 is 1.91 bits per heavy atom. The lowest BCUT2D eigenvalue weighted by molar-refractivity contribution is 0.0953. The molecule has 122 valence electrons. The number of sulfonamides is 1. The molecule has 0 fully saturated rings. The lowest BCUT2D eigenvalue weighted by atomic mass is 10.2. The summed E-state index contributed by atoms with van der Waals surface area (Å²) in [7, 11) is -3.33. The molecule has 1 aromatic heterocycles. The van der Waals surface area contributed by atoms with E-state index >= 15 is 0 Å². The molecule has 0 bridgehead atoms. The predicted octanol–water partition coefficient (Wildman–Crippen LogP) is 2.00. The smallest absolute Gasteiger partial charge is 0.256 e. The van der Waals surface area contributed by atoms with E-state index in [2.05, 4.69) is 15.0 Å². The van der Waals surface area contributed by atoms with Crippen LogP contribution in [0.2, 0.25) is 0 Å². The Kier molecular flexibility index (Phi) is 5.17. The van der Waals surface area contributed by atoms with E-state index in [9.17, 15) is 13.2 Å². The predicted molar refractivity (Wildman–Crippen MR) is 87.2 cm³/mol. The molecule has 0 radical (unpaired) electrons. The summed E-state index contributed by atoms with van der Waals surface area (Å²) in [6, 6.07) is 9.56. The van der Waals surface area contributed by atoms with E-state index in [1.165, 1.54) is 6.20 Å². The van der Waals surface area contributed by atoms with Crippen LogP contribution in [-0.4, -0.2) is 32.1 Å². The number of ether oxygens (including phenoxy) is 1. The van der Waals surface area contributed by atoms with E-state index in [0.29, 0.717) is 23.5 Å². The van der Waals surface area contributed by atoms with E-state index < -0.39 is 10.0 Å². The number of nitrogens with zero attached hydrogens (tertiary/aromatic N) is 1. The van der Waals surface area contributed by atoms with Crippen LogP contribution in [0.15, 0.2) is 42.6 Å². The molecule has 2 aromatic rings. The molecule has 8 heteroatoms. The van der Waals surface area contributed by atoms with Gasteiger partial charge in [0.25, 0.3) is 5.91 Å². The number of carbonyl (C=O) groups excluding carboxylic acids is 1. The van der Waals surface area contributed by atoms with Gasteiger partial charge in [-0.15, -0.1) is 0 Å². The van der Waals surface area contributed by atoms with Crippen molar-refractivity contribution in [2.45, 2.75) is 6.92 Å². The summed E-state index contributed by atoms with van der Waals surface area (Å²) < 4.78 is 30.3. The first-order valence-electron chi connectivity index (χ1n) is 6.88. The van der Waals surface area contributed by atoms with Crippen molar-refractivity contribution < 1.29 is 17.9 Å². The van der Waals surface area contributed by atoms with Gasteiger partial charge in [0, 0.05) is 18.4 Å². The molecule has 0 atom stereocenters. The molecular weight excluding hydrogens is 318 g/mol. The van der Waals surface area contributed by atoms with Crippen molar-refractivity contribution in [1.82, 2.24) is 10.3 Å². The highest BCUT2D eigenvalue weighted by atomic mass is 32.2. The van der Waals surface area contributed by atoms with E-state index in [0.717, 1.165) is 6.26 Å². The minimum absolute atomic E-state index is 0.183. The van der Waals surface area contributed by atoms with Crippen LogP contribution in [0.1, 0.15) is 17.3 Å². The first-order valence-corrected chi connectivity index (χ1v) is 8.77. The van der Waals surface area contributed by atoms with Crippen LogP contribution in [0.3, 0.4) is 0 Å². The van der Waals surface area contributed by atoms with Gasteiger partial charge in [-0.2, -0.15) is 0 Å². The van der Waals surface area contributed by atoms with E-state index in [-0.39, 0.29) is 11.8 Å². The minimum atomic E-state index is -3.33. The van der Waals surface area contributed by atoms with Crippen LogP contribution in [-0.2, 0) is 10.0 Å². The molecule has 1 aromatic carbocycles. The van der Waals surface area contributed by atoms with Gasteiger partial charge in [0.05, 0.1) is 6.26 Å². The normalized spacial score (nSPS) is 10.9. The largest absolute Gasteiger partial charge is 0.438 e. The number of amides is 1. The molecule has 0 unspecified atom stereocenters. The molecule has 1 heterocycles. The first kappa shape index (κ1) is 16.8. The number of pyridine rings is 1. The number of anilines is 1.